The minimum absolute atomic E-state index is 0.0438. The van der Waals surface area contributed by atoms with Crippen molar-refractivity contribution >= 4 is 11.8 Å². The molecule has 0 unspecified atom stereocenters. The second kappa shape index (κ2) is 11.0. The highest BCUT2D eigenvalue weighted by molar-refractivity contribution is 6.04. The molecule has 37 heavy (non-hydrogen) atoms. The van der Waals surface area contributed by atoms with E-state index in [9.17, 15) is 9.59 Å². The van der Waals surface area contributed by atoms with Gasteiger partial charge in [0, 0.05) is 29.0 Å². The molecule has 0 radical (unpaired) electrons. The molecule has 196 valence electrons. The fourth-order valence-corrected chi connectivity index (χ4v) is 5.24. The summed E-state index contributed by atoms with van der Waals surface area (Å²) in [7, 11) is 6.33. The summed E-state index contributed by atoms with van der Waals surface area (Å²) in [6.45, 7) is 3.81. The topological polar surface area (TPSA) is 92.3 Å². The lowest BCUT2D eigenvalue weighted by Gasteiger charge is -2.37. The maximum atomic E-state index is 13.9. The Morgan fingerprint density at radius 2 is 1.62 bits per heavy atom. The largest absolute Gasteiger partial charge is 0.497 e. The van der Waals surface area contributed by atoms with Crippen LogP contribution in [0.1, 0.15) is 49.7 Å². The summed E-state index contributed by atoms with van der Waals surface area (Å²) in [6, 6.07) is 11.1. The molecule has 8 heteroatoms. The van der Waals surface area contributed by atoms with E-state index >= 15 is 0 Å². The van der Waals surface area contributed by atoms with E-state index in [1.165, 1.54) is 0 Å². The molecule has 2 atom stereocenters. The van der Waals surface area contributed by atoms with Crippen molar-refractivity contribution in [2.75, 3.05) is 35.0 Å². The van der Waals surface area contributed by atoms with Crippen LogP contribution in [0.25, 0.3) is 0 Å². The Labute approximate surface area is 217 Å². The zero-order chi connectivity index (χ0) is 26.7. The molecule has 2 aromatic carbocycles. The molecule has 0 amide bonds. The van der Waals surface area contributed by atoms with Crippen molar-refractivity contribution in [3.05, 3.63) is 70.1 Å². The minimum Gasteiger partial charge on any atom is -0.497 e. The van der Waals surface area contributed by atoms with Gasteiger partial charge in [0.15, 0.2) is 17.3 Å². The molecule has 8 nitrogen and oxygen atoms in total. The molecule has 1 aliphatic heterocycles. The van der Waals surface area contributed by atoms with E-state index in [1.54, 1.807) is 47.5 Å². The van der Waals surface area contributed by atoms with Gasteiger partial charge in [-0.1, -0.05) is 6.07 Å². The highest BCUT2D eigenvalue weighted by atomic mass is 16.5. The summed E-state index contributed by atoms with van der Waals surface area (Å²) in [5.74, 6) is 1.17. The van der Waals surface area contributed by atoms with Crippen LogP contribution in [0.5, 0.6) is 23.0 Å². The molecule has 0 aromatic heterocycles. The molecular weight excluding hydrogens is 474 g/mol. The van der Waals surface area contributed by atoms with Crippen LogP contribution in [-0.2, 0) is 14.3 Å². The van der Waals surface area contributed by atoms with Gasteiger partial charge in [0.2, 0.25) is 0 Å². The number of rotatable bonds is 8. The van der Waals surface area contributed by atoms with Gasteiger partial charge < -0.3 is 29.0 Å². The number of methoxy groups -OCH3 is 4. The number of carbonyl (C=O) groups is 2. The van der Waals surface area contributed by atoms with E-state index in [4.69, 9.17) is 23.7 Å². The first kappa shape index (κ1) is 26.1. The van der Waals surface area contributed by atoms with Gasteiger partial charge >= 0.3 is 5.97 Å². The van der Waals surface area contributed by atoms with Crippen molar-refractivity contribution < 1.29 is 33.3 Å². The summed E-state index contributed by atoms with van der Waals surface area (Å²) in [5.41, 5.74) is 4.04. The first-order valence-electron chi connectivity index (χ1n) is 12.2. The number of allylic oxidation sites excluding steroid dienone is 3. The number of hydrogen-bond donors (Lipinski definition) is 1. The number of benzene rings is 2. The predicted octanol–water partition coefficient (Wildman–Crippen LogP) is 4.65. The lowest BCUT2D eigenvalue weighted by Crippen LogP contribution is -2.36. The molecule has 0 fully saturated rings. The average molecular weight is 508 g/mol. The smallest absolute Gasteiger partial charge is 0.336 e. The average Bonchev–Trinajstić information content (AvgIpc) is 2.91. The monoisotopic (exact) mass is 507 g/mol. The van der Waals surface area contributed by atoms with Crippen molar-refractivity contribution in [3.8, 4) is 23.0 Å². The van der Waals surface area contributed by atoms with Crippen molar-refractivity contribution in [2.45, 2.75) is 38.5 Å². The van der Waals surface area contributed by atoms with Crippen LogP contribution in [0.15, 0.2) is 58.9 Å². The fourth-order valence-electron chi connectivity index (χ4n) is 5.24. The van der Waals surface area contributed by atoms with E-state index in [-0.39, 0.29) is 24.7 Å². The van der Waals surface area contributed by atoms with Gasteiger partial charge in [-0.2, -0.15) is 0 Å². The van der Waals surface area contributed by atoms with Crippen molar-refractivity contribution in [3.63, 3.8) is 0 Å². The van der Waals surface area contributed by atoms with Crippen molar-refractivity contribution in [2.24, 2.45) is 0 Å². The Morgan fingerprint density at radius 1 is 0.919 bits per heavy atom. The highest BCUT2D eigenvalue weighted by Gasteiger charge is 2.42. The van der Waals surface area contributed by atoms with Crippen molar-refractivity contribution in [1.82, 2.24) is 5.32 Å². The van der Waals surface area contributed by atoms with E-state index < -0.39 is 11.9 Å². The van der Waals surface area contributed by atoms with Crippen LogP contribution < -0.4 is 24.3 Å². The van der Waals surface area contributed by atoms with Gasteiger partial charge in [0.25, 0.3) is 0 Å². The lowest BCUT2D eigenvalue weighted by atomic mass is 9.71. The molecule has 2 aromatic rings. The molecule has 0 spiro atoms. The lowest BCUT2D eigenvalue weighted by molar-refractivity contribution is -0.138. The number of carbonyl (C=O) groups excluding carboxylic acids is 2. The van der Waals surface area contributed by atoms with Gasteiger partial charge in [0.05, 0.1) is 46.5 Å². The Hall–Kier alpha value is -3.94. The Morgan fingerprint density at radius 3 is 2.27 bits per heavy atom. The number of dihydropyridines is 1. The quantitative estimate of drug-likeness (QED) is 0.517. The van der Waals surface area contributed by atoms with Crippen LogP contribution in [0, 0.1) is 0 Å². The van der Waals surface area contributed by atoms with Crippen LogP contribution in [-0.4, -0.2) is 46.8 Å². The van der Waals surface area contributed by atoms with Crippen LogP contribution in [0.4, 0.5) is 0 Å². The Balaban J connectivity index is 1.84. The summed E-state index contributed by atoms with van der Waals surface area (Å²) >= 11 is 0. The number of hydrogen-bond acceptors (Lipinski definition) is 8. The zero-order valence-electron chi connectivity index (χ0n) is 22.1. The second-order valence-electron chi connectivity index (χ2n) is 8.96. The summed E-state index contributed by atoms with van der Waals surface area (Å²) < 4.78 is 27.4. The van der Waals surface area contributed by atoms with E-state index in [1.807, 2.05) is 31.2 Å². The third-order valence-corrected chi connectivity index (χ3v) is 6.95. The summed E-state index contributed by atoms with van der Waals surface area (Å²) in [4.78, 5) is 27.1. The number of Topliss-reactive ketones (excluding diaryl/α,β-unsaturated/α-hetero) is 1. The normalized spacial score (nSPS) is 19.1. The third-order valence-electron chi connectivity index (χ3n) is 6.95. The molecular formula is C29H33NO7. The summed E-state index contributed by atoms with van der Waals surface area (Å²) in [5, 5.41) is 3.36. The van der Waals surface area contributed by atoms with Gasteiger partial charge in [-0.25, -0.2) is 4.79 Å². The van der Waals surface area contributed by atoms with Gasteiger partial charge in [0.1, 0.15) is 11.5 Å². The minimum atomic E-state index is -0.654. The number of ether oxygens (including phenoxy) is 5. The molecule has 1 N–H and O–H groups in total. The Bertz CT molecular complexity index is 1280. The van der Waals surface area contributed by atoms with Crippen LogP contribution in [0.3, 0.4) is 0 Å². The van der Waals surface area contributed by atoms with E-state index in [2.05, 4.69) is 5.32 Å². The van der Waals surface area contributed by atoms with Crippen LogP contribution >= 0.6 is 0 Å². The molecule has 4 rings (SSSR count). The van der Waals surface area contributed by atoms with Crippen molar-refractivity contribution in [1.29, 1.82) is 0 Å². The molecule has 0 saturated heterocycles. The second-order valence-corrected chi connectivity index (χ2v) is 8.96. The maximum Gasteiger partial charge on any atom is 0.336 e. The number of nitrogens with one attached hydrogen (secondary N) is 1. The van der Waals surface area contributed by atoms with Gasteiger partial charge in [-0.15, -0.1) is 0 Å². The molecule has 1 aliphatic carbocycles. The Kier molecular flexibility index (Phi) is 7.76. The van der Waals surface area contributed by atoms with E-state index in [0.29, 0.717) is 51.8 Å². The fraction of sp³-hybridized carbons (Fsp3) is 0.379. The van der Waals surface area contributed by atoms with Crippen LogP contribution in [0.2, 0.25) is 0 Å². The zero-order valence-corrected chi connectivity index (χ0v) is 22.1. The molecule has 2 aliphatic rings. The SMILES string of the molecule is CCOC(=O)C1=C(C)NC2=C(C(=O)C[C@H](c3ccc(OC)c(OC)c3)C2)[C@@H]1c1cc(OC)ccc1OC. The molecule has 0 bridgehead atoms. The number of ketones is 1. The highest BCUT2D eigenvalue weighted by Crippen LogP contribution is 2.48. The first-order chi connectivity index (χ1) is 17.9. The molecule has 1 heterocycles. The molecule has 0 saturated carbocycles. The van der Waals surface area contributed by atoms with E-state index in [0.717, 1.165) is 11.3 Å². The summed E-state index contributed by atoms with van der Waals surface area (Å²) in [6.07, 6.45) is 0.876. The van der Waals surface area contributed by atoms with Gasteiger partial charge in [-0.3, -0.25) is 4.79 Å². The predicted molar refractivity (Wildman–Crippen MR) is 138 cm³/mol. The first-order valence-corrected chi connectivity index (χ1v) is 12.2. The third kappa shape index (κ3) is 4.88. The number of esters is 1. The maximum absolute atomic E-state index is 13.9. The standard InChI is InChI=1S/C29H33NO7/c1-7-37-29(32)26-16(2)30-21-12-18(17-8-10-24(35-5)25(14-17)36-6)13-22(31)28(21)27(26)20-15-19(33-3)9-11-23(20)34-4/h8-11,14-15,18,27,30H,7,12-13H2,1-6H3/t18-,27-/m1/s1. The van der Waals surface area contributed by atoms with Gasteiger partial charge in [-0.05, 0) is 62.1 Å².